The van der Waals surface area contributed by atoms with Crippen LogP contribution >= 0.6 is 11.8 Å². The molecule has 0 aliphatic rings. The summed E-state index contributed by atoms with van der Waals surface area (Å²) in [6, 6.07) is 8.14. The number of rotatable bonds is 6. The van der Waals surface area contributed by atoms with Crippen molar-refractivity contribution in [2.24, 2.45) is 0 Å². The lowest BCUT2D eigenvalue weighted by atomic mass is 10.2. The molecule has 94 valence electrons. The van der Waals surface area contributed by atoms with Gasteiger partial charge in [-0.15, -0.1) is 11.8 Å². The fourth-order valence-corrected chi connectivity index (χ4v) is 2.08. The van der Waals surface area contributed by atoms with Crippen molar-refractivity contribution >= 4 is 17.7 Å². The molecule has 0 fully saturated rings. The number of aryl methyl sites for hydroxylation is 1. The SMILES string of the molecule is Cc1ccc(SCC(=O)NC(C)CCO)cc1. The molecule has 1 atom stereocenters. The third kappa shape index (κ3) is 5.75. The second kappa shape index (κ2) is 7.35. The third-order valence-electron chi connectivity index (χ3n) is 2.36. The van der Waals surface area contributed by atoms with E-state index in [1.165, 1.54) is 17.3 Å². The zero-order valence-corrected chi connectivity index (χ0v) is 11.1. The van der Waals surface area contributed by atoms with Gasteiger partial charge in [0.1, 0.15) is 0 Å². The van der Waals surface area contributed by atoms with E-state index in [4.69, 9.17) is 5.11 Å². The van der Waals surface area contributed by atoms with E-state index in [1.807, 2.05) is 38.1 Å². The van der Waals surface area contributed by atoms with Crippen molar-refractivity contribution in [1.82, 2.24) is 5.32 Å². The summed E-state index contributed by atoms with van der Waals surface area (Å²) in [5.74, 6) is 0.426. The van der Waals surface area contributed by atoms with Gasteiger partial charge in [0.2, 0.25) is 5.91 Å². The molecule has 1 aromatic rings. The first kappa shape index (κ1) is 14.1. The molecule has 0 spiro atoms. The molecule has 17 heavy (non-hydrogen) atoms. The average molecular weight is 253 g/mol. The molecule has 0 aromatic heterocycles. The van der Waals surface area contributed by atoms with Gasteiger partial charge in [0.25, 0.3) is 0 Å². The van der Waals surface area contributed by atoms with Gasteiger partial charge in [-0.1, -0.05) is 17.7 Å². The fourth-order valence-electron chi connectivity index (χ4n) is 1.37. The van der Waals surface area contributed by atoms with Crippen LogP contribution < -0.4 is 5.32 Å². The Morgan fingerprint density at radius 1 is 1.41 bits per heavy atom. The molecule has 1 aromatic carbocycles. The number of aliphatic hydroxyl groups is 1. The molecule has 0 saturated heterocycles. The number of amides is 1. The smallest absolute Gasteiger partial charge is 0.230 e. The Morgan fingerprint density at radius 3 is 2.65 bits per heavy atom. The number of aliphatic hydroxyl groups excluding tert-OH is 1. The van der Waals surface area contributed by atoms with E-state index in [-0.39, 0.29) is 18.6 Å². The van der Waals surface area contributed by atoms with Crippen LogP contribution in [-0.2, 0) is 4.79 Å². The molecular formula is C13H19NO2S. The minimum atomic E-state index is 0.0107. The van der Waals surface area contributed by atoms with E-state index in [0.29, 0.717) is 12.2 Å². The summed E-state index contributed by atoms with van der Waals surface area (Å²) in [7, 11) is 0. The van der Waals surface area contributed by atoms with Gasteiger partial charge < -0.3 is 10.4 Å². The van der Waals surface area contributed by atoms with E-state index in [0.717, 1.165) is 4.90 Å². The highest BCUT2D eigenvalue weighted by Gasteiger charge is 2.07. The van der Waals surface area contributed by atoms with Crippen LogP contribution in [0.15, 0.2) is 29.2 Å². The van der Waals surface area contributed by atoms with Crippen molar-refractivity contribution in [2.75, 3.05) is 12.4 Å². The summed E-state index contributed by atoms with van der Waals surface area (Å²) in [5, 5.41) is 11.6. The Labute approximate surface area is 107 Å². The van der Waals surface area contributed by atoms with Crippen molar-refractivity contribution in [2.45, 2.75) is 31.2 Å². The molecule has 0 radical (unpaired) electrons. The van der Waals surface area contributed by atoms with E-state index in [1.54, 1.807) is 0 Å². The zero-order chi connectivity index (χ0) is 12.7. The van der Waals surface area contributed by atoms with E-state index in [2.05, 4.69) is 5.32 Å². The van der Waals surface area contributed by atoms with Gasteiger partial charge in [0.05, 0.1) is 5.75 Å². The Kier molecular flexibility index (Phi) is 6.08. The Hall–Kier alpha value is -1.00. The number of nitrogens with one attached hydrogen (secondary N) is 1. The molecule has 0 bridgehead atoms. The highest BCUT2D eigenvalue weighted by Crippen LogP contribution is 2.17. The number of hydrogen-bond acceptors (Lipinski definition) is 3. The number of hydrogen-bond donors (Lipinski definition) is 2. The van der Waals surface area contributed by atoms with Crippen LogP contribution in [0.25, 0.3) is 0 Å². The molecule has 1 unspecified atom stereocenters. The predicted molar refractivity (Wildman–Crippen MR) is 71.2 cm³/mol. The molecule has 4 heteroatoms. The minimum Gasteiger partial charge on any atom is -0.396 e. The summed E-state index contributed by atoms with van der Waals surface area (Å²) < 4.78 is 0. The standard InChI is InChI=1S/C13H19NO2S/c1-10-3-5-12(6-4-10)17-9-13(16)14-11(2)7-8-15/h3-6,11,15H,7-9H2,1-2H3,(H,14,16). The van der Waals surface area contributed by atoms with Crippen molar-refractivity contribution in [3.05, 3.63) is 29.8 Å². The number of thioether (sulfide) groups is 1. The Morgan fingerprint density at radius 2 is 2.06 bits per heavy atom. The van der Waals surface area contributed by atoms with Crippen molar-refractivity contribution in [1.29, 1.82) is 0 Å². The average Bonchev–Trinajstić information content (AvgIpc) is 2.28. The van der Waals surface area contributed by atoms with Crippen LogP contribution in [-0.4, -0.2) is 29.4 Å². The first-order valence-corrected chi connectivity index (χ1v) is 6.70. The first-order chi connectivity index (χ1) is 8.11. The van der Waals surface area contributed by atoms with Gasteiger partial charge in [0.15, 0.2) is 0 Å². The Bertz CT molecular complexity index is 351. The van der Waals surface area contributed by atoms with Crippen LogP contribution in [0.4, 0.5) is 0 Å². The summed E-state index contributed by atoms with van der Waals surface area (Å²) in [6.45, 7) is 4.04. The second-order valence-electron chi connectivity index (χ2n) is 4.08. The molecule has 2 N–H and O–H groups in total. The van der Waals surface area contributed by atoms with Gasteiger partial charge in [-0.25, -0.2) is 0 Å². The minimum absolute atomic E-state index is 0.0107. The summed E-state index contributed by atoms with van der Waals surface area (Å²) in [6.07, 6.45) is 0.598. The molecular weight excluding hydrogens is 234 g/mol. The topological polar surface area (TPSA) is 49.3 Å². The van der Waals surface area contributed by atoms with E-state index in [9.17, 15) is 4.79 Å². The van der Waals surface area contributed by atoms with Crippen molar-refractivity contribution in [3.8, 4) is 0 Å². The fraction of sp³-hybridized carbons (Fsp3) is 0.462. The lowest BCUT2D eigenvalue weighted by Crippen LogP contribution is -2.34. The molecule has 3 nitrogen and oxygen atoms in total. The van der Waals surface area contributed by atoms with Crippen LogP contribution in [0.2, 0.25) is 0 Å². The largest absolute Gasteiger partial charge is 0.396 e. The summed E-state index contributed by atoms with van der Waals surface area (Å²) >= 11 is 1.52. The van der Waals surface area contributed by atoms with Gasteiger partial charge in [-0.05, 0) is 32.4 Å². The maximum atomic E-state index is 11.6. The van der Waals surface area contributed by atoms with Gasteiger partial charge >= 0.3 is 0 Å². The van der Waals surface area contributed by atoms with E-state index >= 15 is 0 Å². The zero-order valence-electron chi connectivity index (χ0n) is 10.3. The van der Waals surface area contributed by atoms with Gasteiger partial charge in [-0.2, -0.15) is 0 Å². The van der Waals surface area contributed by atoms with Crippen LogP contribution in [0.5, 0.6) is 0 Å². The highest BCUT2D eigenvalue weighted by molar-refractivity contribution is 8.00. The lowest BCUT2D eigenvalue weighted by molar-refractivity contribution is -0.119. The number of benzene rings is 1. The van der Waals surface area contributed by atoms with Crippen molar-refractivity contribution < 1.29 is 9.90 Å². The van der Waals surface area contributed by atoms with Gasteiger partial charge in [0, 0.05) is 17.5 Å². The quantitative estimate of drug-likeness (QED) is 0.762. The highest BCUT2D eigenvalue weighted by atomic mass is 32.2. The maximum absolute atomic E-state index is 11.6. The molecule has 0 saturated carbocycles. The van der Waals surface area contributed by atoms with Crippen LogP contribution in [0, 0.1) is 6.92 Å². The molecule has 0 aliphatic heterocycles. The lowest BCUT2D eigenvalue weighted by Gasteiger charge is -2.12. The monoisotopic (exact) mass is 253 g/mol. The number of carbonyl (C=O) groups excluding carboxylic acids is 1. The molecule has 0 aliphatic carbocycles. The van der Waals surface area contributed by atoms with E-state index < -0.39 is 0 Å². The first-order valence-electron chi connectivity index (χ1n) is 5.71. The molecule has 0 heterocycles. The Balaban J connectivity index is 2.30. The maximum Gasteiger partial charge on any atom is 0.230 e. The normalized spacial score (nSPS) is 12.2. The molecule has 1 rings (SSSR count). The van der Waals surface area contributed by atoms with Crippen LogP contribution in [0.3, 0.4) is 0 Å². The number of carbonyl (C=O) groups is 1. The second-order valence-corrected chi connectivity index (χ2v) is 5.13. The summed E-state index contributed by atoms with van der Waals surface area (Å²) in [4.78, 5) is 12.7. The molecule has 1 amide bonds. The third-order valence-corrected chi connectivity index (χ3v) is 3.37. The van der Waals surface area contributed by atoms with Crippen LogP contribution in [0.1, 0.15) is 18.9 Å². The summed E-state index contributed by atoms with van der Waals surface area (Å²) in [5.41, 5.74) is 1.22. The predicted octanol–water partition coefficient (Wildman–Crippen LogP) is 1.97. The van der Waals surface area contributed by atoms with Gasteiger partial charge in [-0.3, -0.25) is 4.79 Å². The van der Waals surface area contributed by atoms with Crippen molar-refractivity contribution in [3.63, 3.8) is 0 Å².